The Balaban J connectivity index is 2.46. The lowest BCUT2D eigenvalue weighted by atomic mass is 9.89. The van der Waals surface area contributed by atoms with Gasteiger partial charge < -0.3 is 4.74 Å². The maximum Gasteiger partial charge on any atom is 0.305 e. The van der Waals surface area contributed by atoms with Gasteiger partial charge in [0, 0.05) is 24.7 Å². The van der Waals surface area contributed by atoms with Crippen molar-refractivity contribution in [2.24, 2.45) is 11.8 Å². The number of hydrogen-bond donors (Lipinski definition) is 0. The molecule has 0 radical (unpaired) electrons. The van der Waals surface area contributed by atoms with E-state index in [0.717, 1.165) is 19.3 Å². The maximum absolute atomic E-state index is 11.9. The van der Waals surface area contributed by atoms with Crippen LogP contribution in [0.5, 0.6) is 0 Å². The van der Waals surface area contributed by atoms with Crippen LogP contribution in [-0.2, 0) is 19.1 Å². The van der Waals surface area contributed by atoms with Crippen molar-refractivity contribution < 1.29 is 19.1 Å². The van der Waals surface area contributed by atoms with Crippen molar-refractivity contribution in [3.63, 3.8) is 0 Å². The van der Waals surface area contributed by atoms with Gasteiger partial charge in [0.15, 0.2) is 11.6 Å². The largest absolute Gasteiger partial charge is 0.466 e. The number of ketones is 2. The van der Waals surface area contributed by atoms with Gasteiger partial charge in [0.05, 0.1) is 6.61 Å². The van der Waals surface area contributed by atoms with E-state index in [0.29, 0.717) is 19.4 Å². The summed E-state index contributed by atoms with van der Waals surface area (Å²) in [4.78, 5) is 35.0. The van der Waals surface area contributed by atoms with Crippen LogP contribution in [0, 0.1) is 11.8 Å². The zero-order chi connectivity index (χ0) is 16.4. The zero-order valence-electron chi connectivity index (χ0n) is 13.5. The summed E-state index contributed by atoms with van der Waals surface area (Å²) >= 11 is 0. The van der Waals surface area contributed by atoms with Gasteiger partial charge in [0.1, 0.15) is 0 Å². The SMILES string of the molecule is CCCCCC(=O)C=C[C@H]1C=CC(=O)[C@H]1CCC(=O)OCC. The predicted molar refractivity (Wildman–Crippen MR) is 85.3 cm³/mol. The third kappa shape index (κ3) is 6.37. The average molecular weight is 306 g/mol. The monoisotopic (exact) mass is 306 g/mol. The molecule has 0 unspecified atom stereocenters. The Hall–Kier alpha value is -1.71. The number of unbranched alkanes of at least 4 members (excludes halogenated alkanes) is 2. The third-order valence-corrected chi connectivity index (χ3v) is 3.81. The van der Waals surface area contributed by atoms with Gasteiger partial charge in [0.2, 0.25) is 0 Å². The van der Waals surface area contributed by atoms with E-state index in [1.807, 2.05) is 6.08 Å². The highest BCUT2D eigenvalue weighted by atomic mass is 16.5. The van der Waals surface area contributed by atoms with Crippen LogP contribution >= 0.6 is 0 Å². The minimum absolute atomic E-state index is 0.0254. The molecule has 22 heavy (non-hydrogen) atoms. The molecule has 1 rings (SSSR count). The summed E-state index contributed by atoms with van der Waals surface area (Å²) in [5, 5.41) is 0. The number of rotatable bonds is 10. The molecule has 4 nitrogen and oxygen atoms in total. The fourth-order valence-corrected chi connectivity index (χ4v) is 2.54. The molecule has 0 bridgehead atoms. The molecule has 4 heteroatoms. The van der Waals surface area contributed by atoms with E-state index in [1.54, 1.807) is 25.2 Å². The summed E-state index contributed by atoms with van der Waals surface area (Å²) < 4.78 is 4.88. The third-order valence-electron chi connectivity index (χ3n) is 3.81. The molecule has 2 atom stereocenters. The summed E-state index contributed by atoms with van der Waals surface area (Å²) in [5.74, 6) is -0.482. The minimum Gasteiger partial charge on any atom is -0.466 e. The summed E-state index contributed by atoms with van der Waals surface area (Å²) in [7, 11) is 0. The number of carbonyl (C=O) groups excluding carboxylic acids is 3. The highest BCUT2D eigenvalue weighted by molar-refractivity contribution is 5.95. The van der Waals surface area contributed by atoms with Crippen LogP contribution in [0.1, 0.15) is 52.4 Å². The first-order valence-corrected chi connectivity index (χ1v) is 8.17. The molecule has 122 valence electrons. The molecule has 0 aromatic rings. The lowest BCUT2D eigenvalue weighted by molar-refractivity contribution is -0.143. The van der Waals surface area contributed by atoms with E-state index in [-0.39, 0.29) is 35.8 Å². The van der Waals surface area contributed by atoms with Gasteiger partial charge in [-0.15, -0.1) is 0 Å². The number of esters is 1. The first kappa shape index (κ1) is 18.3. The van der Waals surface area contributed by atoms with Crippen LogP contribution in [0.4, 0.5) is 0 Å². The summed E-state index contributed by atoms with van der Waals surface area (Å²) in [5.41, 5.74) is 0. The van der Waals surface area contributed by atoms with Gasteiger partial charge in [-0.1, -0.05) is 31.9 Å². The van der Waals surface area contributed by atoms with E-state index < -0.39 is 0 Å². The van der Waals surface area contributed by atoms with Crippen LogP contribution in [0.25, 0.3) is 0 Å². The number of carbonyl (C=O) groups is 3. The maximum atomic E-state index is 11.9. The van der Waals surface area contributed by atoms with Crippen molar-refractivity contribution in [3.8, 4) is 0 Å². The highest BCUT2D eigenvalue weighted by Gasteiger charge is 2.28. The lowest BCUT2D eigenvalue weighted by Crippen LogP contribution is -2.17. The highest BCUT2D eigenvalue weighted by Crippen LogP contribution is 2.28. The van der Waals surface area contributed by atoms with Gasteiger partial charge in [-0.05, 0) is 31.9 Å². The van der Waals surface area contributed by atoms with Crippen LogP contribution in [0.2, 0.25) is 0 Å². The van der Waals surface area contributed by atoms with E-state index >= 15 is 0 Å². The fraction of sp³-hybridized carbons (Fsp3) is 0.611. The van der Waals surface area contributed by atoms with Gasteiger partial charge in [-0.2, -0.15) is 0 Å². The van der Waals surface area contributed by atoms with Gasteiger partial charge in [-0.3, -0.25) is 14.4 Å². The van der Waals surface area contributed by atoms with Crippen molar-refractivity contribution >= 4 is 17.5 Å². The van der Waals surface area contributed by atoms with Gasteiger partial charge >= 0.3 is 5.97 Å². The van der Waals surface area contributed by atoms with Crippen LogP contribution in [-0.4, -0.2) is 24.1 Å². The molecule has 0 spiro atoms. The lowest BCUT2D eigenvalue weighted by Gasteiger charge is -2.14. The minimum atomic E-state index is -0.277. The second-order valence-electron chi connectivity index (χ2n) is 5.57. The molecular formula is C18H26O4. The number of ether oxygens (including phenoxy) is 1. The Morgan fingerprint density at radius 3 is 2.68 bits per heavy atom. The Labute approximate surface area is 132 Å². The molecule has 0 aromatic heterocycles. The van der Waals surface area contributed by atoms with E-state index in [1.165, 1.54) is 0 Å². The van der Waals surface area contributed by atoms with Gasteiger partial charge in [0.25, 0.3) is 0 Å². The molecule has 0 fully saturated rings. The Morgan fingerprint density at radius 1 is 1.23 bits per heavy atom. The van der Waals surface area contributed by atoms with Crippen LogP contribution in [0.3, 0.4) is 0 Å². The summed E-state index contributed by atoms with van der Waals surface area (Å²) in [6.07, 6.45) is 11.1. The second kappa shape index (κ2) is 10.1. The van der Waals surface area contributed by atoms with Crippen molar-refractivity contribution in [1.29, 1.82) is 0 Å². The molecule has 1 aliphatic carbocycles. The normalized spacial score (nSPS) is 20.7. The molecule has 0 N–H and O–H groups in total. The van der Waals surface area contributed by atoms with Crippen LogP contribution in [0.15, 0.2) is 24.3 Å². The van der Waals surface area contributed by atoms with Crippen LogP contribution < -0.4 is 0 Å². The number of allylic oxidation sites excluding steroid dienone is 4. The molecule has 0 amide bonds. The average Bonchev–Trinajstić information content (AvgIpc) is 2.84. The molecule has 1 aliphatic rings. The molecule has 0 saturated carbocycles. The van der Waals surface area contributed by atoms with Crippen molar-refractivity contribution in [1.82, 2.24) is 0 Å². The molecule has 0 aromatic carbocycles. The van der Waals surface area contributed by atoms with Crippen molar-refractivity contribution in [2.75, 3.05) is 6.61 Å². The standard InChI is InChI=1S/C18H26O4/c1-3-5-6-7-15(19)10-8-14-9-12-17(20)16(14)11-13-18(21)22-4-2/h8-10,12,14,16H,3-7,11,13H2,1-2H3/t14-,16-/m0/s1. The topological polar surface area (TPSA) is 60.4 Å². The Kier molecular flexibility index (Phi) is 8.41. The molecule has 0 saturated heterocycles. The van der Waals surface area contributed by atoms with E-state index in [4.69, 9.17) is 4.74 Å². The van der Waals surface area contributed by atoms with E-state index in [2.05, 4.69) is 6.92 Å². The Bertz CT molecular complexity index is 448. The molecule has 0 heterocycles. The Morgan fingerprint density at radius 2 is 2.00 bits per heavy atom. The summed E-state index contributed by atoms with van der Waals surface area (Å²) in [6, 6.07) is 0. The molecular weight excluding hydrogens is 280 g/mol. The van der Waals surface area contributed by atoms with Crippen molar-refractivity contribution in [2.45, 2.75) is 52.4 Å². The summed E-state index contributed by atoms with van der Waals surface area (Å²) in [6.45, 7) is 4.21. The first-order chi connectivity index (χ1) is 10.6. The quantitative estimate of drug-likeness (QED) is 0.352. The van der Waals surface area contributed by atoms with Gasteiger partial charge in [-0.25, -0.2) is 0 Å². The first-order valence-electron chi connectivity index (χ1n) is 8.17. The predicted octanol–water partition coefficient (Wildman–Crippen LogP) is 3.41. The van der Waals surface area contributed by atoms with E-state index in [9.17, 15) is 14.4 Å². The fourth-order valence-electron chi connectivity index (χ4n) is 2.54. The smallest absolute Gasteiger partial charge is 0.305 e. The zero-order valence-corrected chi connectivity index (χ0v) is 13.5. The molecule has 0 aliphatic heterocycles. The second-order valence-corrected chi connectivity index (χ2v) is 5.57. The van der Waals surface area contributed by atoms with Crippen molar-refractivity contribution in [3.05, 3.63) is 24.3 Å². The number of hydrogen-bond acceptors (Lipinski definition) is 4.